The first-order chi connectivity index (χ1) is 13.8. The number of nitrogens with zero attached hydrogens (tertiary/aromatic N) is 2. The molecule has 3 aromatic rings. The minimum Gasteiger partial charge on any atom is -0.457 e. The molecule has 8 heteroatoms. The van der Waals surface area contributed by atoms with E-state index >= 15 is 0 Å². The largest absolute Gasteiger partial charge is 0.457 e. The van der Waals surface area contributed by atoms with Crippen molar-refractivity contribution in [3.8, 4) is 11.5 Å². The van der Waals surface area contributed by atoms with Crippen molar-refractivity contribution in [1.29, 1.82) is 0 Å². The number of amides is 2. The van der Waals surface area contributed by atoms with Crippen molar-refractivity contribution < 1.29 is 19.2 Å². The molecular formula is C21H13IN2O5. The van der Waals surface area contributed by atoms with Gasteiger partial charge in [0, 0.05) is 9.64 Å². The smallest absolute Gasteiger partial charge is 0.273 e. The van der Waals surface area contributed by atoms with Gasteiger partial charge in [0.2, 0.25) is 0 Å². The molecule has 0 spiro atoms. The molecule has 0 aliphatic carbocycles. The molecule has 0 bridgehead atoms. The van der Waals surface area contributed by atoms with Crippen LogP contribution in [0.3, 0.4) is 0 Å². The van der Waals surface area contributed by atoms with Crippen LogP contribution in [0.4, 0.5) is 11.4 Å². The molecule has 1 aliphatic heterocycles. The first kappa shape index (κ1) is 19.1. The topological polar surface area (TPSA) is 89.8 Å². The van der Waals surface area contributed by atoms with Crippen LogP contribution in [0.1, 0.15) is 26.3 Å². The van der Waals surface area contributed by atoms with Crippen molar-refractivity contribution in [3.63, 3.8) is 0 Å². The highest BCUT2D eigenvalue weighted by Gasteiger charge is 2.37. The minimum absolute atomic E-state index is 0.102. The van der Waals surface area contributed by atoms with Crippen LogP contribution in [-0.4, -0.2) is 16.7 Å². The van der Waals surface area contributed by atoms with Crippen molar-refractivity contribution in [3.05, 3.63) is 91.0 Å². The van der Waals surface area contributed by atoms with Gasteiger partial charge in [0.1, 0.15) is 11.5 Å². The number of halogens is 1. The van der Waals surface area contributed by atoms with Crippen molar-refractivity contribution >= 4 is 45.8 Å². The number of fused-ring (bicyclic) bond motifs is 1. The summed E-state index contributed by atoms with van der Waals surface area (Å²) >= 11 is 2.17. The lowest BCUT2D eigenvalue weighted by molar-refractivity contribution is -0.384. The maximum atomic E-state index is 13.0. The van der Waals surface area contributed by atoms with Gasteiger partial charge in [-0.05, 0) is 77.5 Å². The van der Waals surface area contributed by atoms with Gasteiger partial charge in [-0.3, -0.25) is 19.7 Å². The number of carbonyl (C=O) groups excluding carboxylic acids is 2. The lowest BCUT2D eigenvalue weighted by Crippen LogP contribution is -2.30. The number of hydrogen-bond donors (Lipinski definition) is 0. The lowest BCUT2D eigenvalue weighted by Gasteiger charge is -2.16. The van der Waals surface area contributed by atoms with Gasteiger partial charge in [0.05, 0.1) is 27.8 Å². The van der Waals surface area contributed by atoms with E-state index in [-0.39, 0.29) is 17.0 Å². The molecule has 2 amide bonds. The zero-order valence-electron chi connectivity index (χ0n) is 15.1. The number of carbonyl (C=O) groups is 2. The minimum atomic E-state index is -0.515. The average molecular weight is 500 g/mol. The standard InChI is InChI=1S/C21H13IN2O5/c1-12-9-13(22)5-8-19(12)23-20(25)17-7-6-16(11-18(17)21(23)26)29-15-4-2-3-14(10-15)24(27)28/h2-11H,1H3. The van der Waals surface area contributed by atoms with E-state index in [1.807, 2.05) is 19.1 Å². The summed E-state index contributed by atoms with van der Waals surface area (Å²) in [6.07, 6.45) is 0. The molecule has 1 aliphatic rings. The van der Waals surface area contributed by atoms with Crippen LogP contribution in [-0.2, 0) is 0 Å². The second-order valence-corrected chi connectivity index (χ2v) is 7.69. The van der Waals surface area contributed by atoms with E-state index in [1.165, 1.54) is 30.3 Å². The monoisotopic (exact) mass is 500 g/mol. The van der Waals surface area contributed by atoms with Gasteiger partial charge in [-0.2, -0.15) is 0 Å². The van der Waals surface area contributed by atoms with Crippen LogP contribution >= 0.6 is 22.6 Å². The highest BCUT2D eigenvalue weighted by Crippen LogP contribution is 2.34. The quantitative estimate of drug-likeness (QED) is 0.215. The average Bonchev–Trinajstić information content (AvgIpc) is 2.93. The summed E-state index contributed by atoms with van der Waals surface area (Å²) in [6, 6.07) is 15.8. The van der Waals surface area contributed by atoms with Crippen LogP contribution in [0.15, 0.2) is 60.7 Å². The predicted molar refractivity (Wildman–Crippen MR) is 115 cm³/mol. The third kappa shape index (κ3) is 3.46. The number of non-ortho nitro benzene ring substituents is 1. The first-order valence-corrected chi connectivity index (χ1v) is 9.64. The van der Waals surface area contributed by atoms with Crippen LogP contribution in [0.5, 0.6) is 11.5 Å². The Morgan fingerprint density at radius 1 is 0.931 bits per heavy atom. The molecule has 4 rings (SSSR count). The van der Waals surface area contributed by atoms with Gasteiger partial charge in [-0.15, -0.1) is 0 Å². The molecule has 0 atom stereocenters. The van der Waals surface area contributed by atoms with Crippen molar-refractivity contribution in [2.45, 2.75) is 6.92 Å². The van der Waals surface area contributed by atoms with E-state index in [0.717, 1.165) is 14.0 Å². The Labute approximate surface area is 179 Å². The summed E-state index contributed by atoms with van der Waals surface area (Å²) in [5.74, 6) is -0.247. The predicted octanol–water partition coefficient (Wildman–Crippen LogP) is 5.10. The Morgan fingerprint density at radius 2 is 1.66 bits per heavy atom. The number of imide groups is 1. The SMILES string of the molecule is Cc1cc(I)ccc1N1C(=O)c2ccc(Oc3cccc([N+](=O)[O-])c3)cc2C1=O. The van der Waals surface area contributed by atoms with Crippen LogP contribution < -0.4 is 9.64 Å². The van der Waals surface area contributed by atoms with Gasteiger partial charge in [0.15, 0.2) is 0 Å². The Kier molecular flexibility index (Phi) is 4.79. The molecule has 29 heavy (non-hydrogen) atoms. The summed E-state index contributed by atoms with van der Waals surface area (Å²) < 4.78 is 6.68. The fourth-order valence-corrected chi connectivity index (χ4v) is 3.82. The summed E-state index contributed by atoms with van der Waals surface area (Å²) in [6.45, 7) is 1.85. The molecule has 1 heterocycles. The highest BCUT2D eigenvalue weighted by atomic mass is 127. The summed E-state index contributed by atoms with van der Waals surface area (Å²) in [4.78, 5) is 37.3. The van der Waals surface area contributed by atoms with E-state index in [9.17, 15) is 19.7 Å². The maximum absolute atomic E-state index is 13.0. The van der Waals surface area contributed by atoms with Crippen molar-refractivity contribution in [2.24, 2.45) is 0 Å². The number of nitro groups is 1. The molecule has 7 nitrogen and oxygen atoms in total. The van der Waals surface area contributed by atoms with Gasteiger partial charge in [0.25, 0.3) is 17.5 Å². The van der Waals surface area contributed by atoms with Crippen molar-refractivity contribution in [2.75, 3.05) is 4.90 Å². The molecule has 0 fully saturated rings. The fourth-order valence-electron chi connectivity index (χ4n) is 3.17. The Morgan fingerprint density at radius 3 is 2.38 bits per heavy atom. The molecule has 0 unspecified atom stereocenters. The van der Waals surface area contributed by atoms with Gasteiger partial charge < -0.3 is 4.74 Å². The lowest BCUT2D eigenvalue weighted by atomic mass is 10.1. The van der Waals surface area contributed by atoms with Gasteiger partial charge >= 0.3 is 0 Å². The highest BCUT2D eigenvalue weighted by molar-refractivity contribution is 14.1. The third-order valence-electron chi connectivity index (χ3n) is 4.52. The molecule has 0 radical (unpaired) electrons. The second kappa shape index (κ2) is 7.28. The van der Waals surface area contributed by atoms with E-state index < -0.39 is 16.7 Å². The molecular weight excluding hydrogens is 487 g/mol. The van der Waals surface area contributed by atoms with E-state index in [1.54, 1.807) is 18.2 Å². The number of benzene rings is 3. The van der Waals surface area contributed by atoms with Crippen LogP contribution in [0.2, 0.25) is 0 Å². The number of nitro benzene ring substituents is 1. The van der Waals surface area contributed by atoms with Crippen molar-refractivity contribution in [1.82, 2.24) is 0 Å². The van der Waals surface area contributed by atoms with Crippen LogP contribution in [0.25, 0.3) is 0 Å². The summed E-state index contributed by atoms with van der Waals surface area (Å²) in [5, 5.41) is 10.9. The van der Waals surface area contributed by atoms with Gasteiger partial charge in [-0.25, -0.2) is 4.90 Å². The molecule has 0 N–H and O–H groups in total. The Hall–Kier alpha value is -3.27. The number of ether oxygens (including phenoxy) is 1. The van der Waals surface area contributed by atoms with E-state index in [2.05, 4.69) is 22.6 Å². The van der Waals surface area contributed by atoms with Gasteiger partial charge in [-0.1, -0.05) is 6.07 Å². The molecule has 3 aromatic carbocycles. The second-order valence-electron chi connectivity index (χ2n) is 6.44. The van der Waals surface area contributed by atoms with E-state index in [0.29, 0.717) is 17.0 Å². The van der Waals surface area contributed by atoms with E-state index in [4.69, 9.17) is 4.74 Å². The number of aryl methyl sites for hydroxylation is 1. The number of rotatable bonds is 4. The first-order valence-electron chi connectivity index (χ1n) is 8.56. The fraction of sp³-hybridized carbons (Fsp3) is 0.0476. The maximum Gasteiger partial charge on any atom is 0.273 e. The summed E-state index contributed by atoms with van der Waals surface area (Å²) in [7, 11) is 0. The van der Waals surface area contributed by atoms with Crippen LogP contribution in [0, 0.1) is 20.6 Å². The molecule has 144 valence electrons. The number of hydrogen-bond acceptors (Lipinski definition) is 5. The molecule has 0 aromatic heterocycles. The zero-order chi connectivity index (χ0) is 20.7. The zero-order valence-corrected chi connectivity index (χ0v) is 17.2. The Balaban J connectivity index is 1.67. The summed E-state index contributed by atoms with van der Waals surface area (Å²) in [5.41, 5.74) is 1.78. The Bertz CT molecular complexity index is 1190. The third-order valence-corrected chi connectivity index (χ3v) is 5.19. The molecule has 0 saturated heterocycles. The number of anilines is 1. The normalized spacial score (nSPS) is 12.8. The molecule has 0 saturated carbocycles.